The summed E-state index contributed by atoms with van der Waals surface area (Å²) in [4.78, 5) is 8.90. The van der Waals surface area contributed by atoms with Crippen molar-refractivity contribution in [1.82, 2.24) is 9.97 Å². The van der Waals surface area contributed by atoms with Crippen LogP contribution in [0.15, 0.2) is 10.8 Å². The number of hydrogen-bond acceptors (Lipinski definition) is 5. The average Bonchev–Trinajstić information content (AvgIpc) is 2.68. The Morgan fingerprint density at radius 1 is 1.19 bits per heavy atom. The number of thiophene rings is 1. The highest BCUT2D eigenvalue weighted by atomic mass is 32.1. The van der Waals surface area contributed by atoms with Gasteiger partial charge in [-0.05, 0) is 31.7 Å². The highest BCUT2D eigenvalue weighted by molar-refractivity contribution is 7.08. The second kappa shape index (κ2) is 4.19. The van der Waals surface area contributed by atoms with Crippen LogP contribution in [0.5, 0.6) is 0 Å². The molecule has 0 spiro atoms. The summed E-state index contributed by atoms with van der Waals surface area (Å²) in [5.41, 5.74) is 6.81. The molecule has 2 aromatic rings. The highest BCUT2D eigenvalue weighted by Crippen LogP contribution is 2.26. The van der Waals surface area contributed by atoms with E-state index < -0.39 is 0 Å². The molecule has 84 valence electrons. The number of aromatic nitrogens is 2. The second-order valence-corrected chi connectivity index (χ2v) is 4.46. The van der Waals surface area contributed by atoms with Gasteiger partial charge in [0.1, 0.15) is 5.82 Å². The number of nitrogens with zero attached hydrogens (tertiary/aromatic N) is 2. The van der Waals surface area contributed by atoms with Crippen molar-refractivity contribution in [3.8, 4) is 11.4 Å². The third-order valence-corrected chi connectivity index (χ3v) is 3.48. The Balaban J connectivity index is 2.59. The maximum absolute atomic E-state index is 5.44. The zero-order chi connectivity index (χ0) is 11.7. The molecule has 0 fully saturated rings. The van der Waals surface area contributed by atoms with Gasteiger partial charge < -0.3 is 5.43 Å². The summed E-state index contributed by atoms with van der Waals surface area (Å²) >= 11 is 1.65. The minimum atomic E-state index is 0.688. The van der Waals surface area contributed by atoms with E-state index in [0.717, 1.165) is 22.6 Å². The molecule has 0 aromatic carbocycles. The predicted octanol–water partition coefficient (Wildman–Crippen LogP) is 2.42. The Labute approximate surface area is 98.5 Å². The van der Waals surface area contributed by atoms with Gasteiger partial charge in [-0.25, -0.2) is 15.8 Å². The first-order chi connectivity index (χ1) is 7.63. The molecule has 0 atom stereocenters. The summed E-state index contributed by atoms with van der Waals surface area (Å²) < 4.78 is 0. The summed E-state index contributed by atoms with van der Waals surface area (Å²) in [5, 5.41) is 4.14. The number of nitrogens with one attached hydrogen (secondary N) is 1. The van der Waals surface area contributed by atoms with E-state index in [0.29, 0.717) is 5.82 Å². The molecule has 16 heavy (non-hydrogen) atoms. The van der Waals surface area contributed by atoms with Gasteiger partial charge in [0.2, 0.25) is 0 Å². The fraction of sp³-hybridized carbons (Fsp3) is 0.273. The van der Waals surface area contributed by atoms with Crippen LogP contribution in [-0.2, 0) is 0 Å². The van der Waals surface area contributed by atoms with Gasteiger partial charge in [0.25, 0.3) is 0 Å². The molecule has 2 aromatic heterocycles. The molecule has 2 heterocycles. The molecule has 4 nitrogen and oxygen atoms in total. The van der Waals surface area contributed by atoms with Crippen LogP contribution in [0.4, 0.5) is 5.82 Å². The molecule has 0 saturated heterocycles. The first-order valence-corrected chi connectivity index (χ1v) is 5.92. The molecule has 0 bridgehead atoms. The number of anilines is 1. The smallest absolute Gasteiger partial charge is 0.162 e. The number of hydrogen-bond donors (Lipinski definition) is 2. The standard InChI is InChI=1S/C11H14N4S/c1-6-4-16-5-9(6)11-13-8(3)7(2)10(14-11)15-12/h4-5H,12H2,1-3H3,(H,13,14,15). The Kier molecular flexibility index (Phi) is 2.89. The van der Waals surface area contributed by atoms with Crippen LogP contribution >= 0.6 is 11.3 Å². The Hall–Kier alpha value is -1.46. The van der Waals surface area contributed by atoms with E-state index in [2.05, 4.69) is 33.1 Å². The summed E-state index contributed by atoms with van der Waals surface area (Å²) in [6.07, 6.45) is 0. The fourth-order valence-electron chi connectivity index (χ4n) is 1.48. The molecule has 0 unspecified atom stereocenters. The van der Waals surface area contributed by atoms with E-state index in [1.165, 1.54) is 5.56 Å². The van der Waals surface area contributed by atoms with Gasteiger partial charge in [-0.1, -0.05) is 0 Å². The van der Waals surface area contributed by atoms with Gasteiger partial charge in [0, 0.05) is 22.2 Å². The van der Waals surface area contributed by atoms with Gasteiger partial charge in [-0.3, -0.25) is 0 Å². The first-order valence-electron chi connectivity index (χ1n) is 4.98. The lowest BCUT2D eigenvalue weighted by atomic mass is 10.2. The normalized spacial score (nSPS) is 10.5. The SMILES string of the molecule is Cc1cscc1-c1nc(C)c(C)c(NN)n1. The average molecular weight is 234 g/mol. The lowest BCUT2D eigenvalue weighted by Gasteiger charge is -2.09. The lowest BCUT2D eigenvalue weighted by molar-refractivity contribution is 1.06. The van der Waals surface area contributed by atoms with Crippen LogP contribution in [0.25, 0.3) is 11.4 Å². The van der Waals surface area contributed by atoms with E-state index in [-0.39, 0.29) is 0 Å². The first kappa shape index (κ1) is 11.0. The zero-order valence-electron chi connectivity index (χ0n) is 9.53. The van der Waals surface area contributed by atoms with Crippen molar-refractivity contribution in [2.75, 3.05) is 5.43 Å². The van der Waals surface area contributed by atoms with Crippen molar-refractivity contribution in [1.29, 1.82) is 0 Å². The molecule has 3 N–H and O–H groups in total. The largest absolute Gasteiger partial charge is 0.308 e. The highest BCUT2D eigenvalue weighted by Gasteiger charge is 2.10. The summed E-state index contributed by atoms with van der Waals surface area (Å²) in [7, 11) is 0. The predicted molar refractivity (Wildman–Crippen MR) is 67.4 cm³/mol. The minimum absolute atomic E-state index is 0.688. The van der Waals surface area contributed by atoms with Crippen LogP contribution in [0.3, 0.4) is 0 Å². The molecule has 0 aliphatic carbocycles. The van der Waals surface area contributed by atoms with Gasteiger partial charge >= 0.3 is 0 Å². The van der Waals surface area contributed by atoms with Gasteiger partial charge in [-0.2, -0.15) is 11.3 Å². The van der Waals surface area contributed by atoms with Crippen molar-refractivity contribution in [3.63, 3.8) is 0 Å². The Morgan fingerprint density at radius 2 is 1.94 bits per heavy atom. The number of nitrogen functional groups attached to an aromatic ring is 1. The minimum Gasteiger partial charge on any atom is -0.308 e. The van der Waals surface area contributed by atoms with Gasteiger partial charge in [0.05, 0.1) is 0 Å². The third kappa shape index (κ3) is 1.79. The molecular formula is C11H14N4S. The van der Waals surface area contributed by atoms with Crippen molar-refractivity contribution >= 4 is 17.2 Å². The van der Waals surface area contributed by atoms with E-state index in [9.17, 15) is 0 Å². The van der Waals surface area contributed by atoms with Gasteiger partial charge in [0.15, 0.2) is 5.82 Å². The second-order valence-electron chi connectivity index (χ2n) is 3.72. The molecule has 0 aliphatic rings. The number of hydrazine groups is 1. The zero-order valence-corrected chi connectivity index (χ0v) is 10.4. The molecule has 0 saturated carbocycles. The van der Waals surface area contributed by atoms with Crippen LogP contribution < -0.4 is 11.3 Å². The Morgan fingerprint density at radius 3 is 2.50 bits per heavy atom. The maximum Gasteiger partial charge on any atom is 0.162 e. The van der Waals surface area contributed by atoms with Crippen LogP contribution in [0.1, 0.15) is 16.8 Å². The van der Waals surface area contributed by atoms with Gasteiger partial charge in [-0.15, -0.1) is 0 Å². The molecule has 2 rings (SSSR count). The Bertz CT molecular complexity index is 519. The lowest BCUT2D eigenvalue weighted by Crippen LogP contribution is -2.12. The van der Waals surface area contributed by atoms with Crippen LogP contribution in [-0.4, -0.2) is 9.97 Å². The number of aryl methyl sites for hydroxylation is 2. The quantitative estimate of drug-likeness (QED) is 0.618. The third-order valence-electron chi connectivity index (χ3n) is 2.62. The van der Waals surface area contributed by atoms with Crippen molar-refractivity contribution < 1.29 is 0 Å². The number of nitrogens with two attached hydrogens (primary N) is 1. The monoisotopic (exact) mass is 234 g/mol. The van der Waals surface area contributed by atoms with Crippen molar-refractivity contribution in [3.05, 3.63) is 27.6 Å². The van der Waals surface area contributed by atoms with Crippen LogP contribution in [0, 0.1) is 20.8 Å². The fourth-order valence-corrected chi connectivity index (χ4v) is 2.31. The maximum atomic E-state index is 5.44. The summed E-state index contributed by atoms with van der Waals surface area (Å²) in [5.74, 6) is 6.86. The van der Waals surface area contributed by atoms with E-state index in [4.69, 9.17) is 5.84 Å². The van der Waals surface area contributed by atoms with E-state index in [1.54, 1.807) is 11.3 Å². The summed E-state index contributed by atoms with van der Waals surface area (Å²) in [6, 6.07) is 0. The topological polar surface area (TPSA) is 63.8 Å². The molecule has 0 amide bonds. The number of rotatable bonds is 2. The van der Waals surface area contributed by atoms with Crippen LogP contribution in [0.2, 0.25) is 0 Å². The van der Waals surface area contributed by atoms with E-state index >= 15 is 0 Å². The van der Waals surface area contributed by atoms with Crippen molar-refractivity contribution in [2.24, 2.45) is 5.84 Å². The molecule has 0 aliphatic heterocycles. The molecule has 0 radical (unpaired) electrons. The molecular weight excluding hydrogens is 220 g/mol. The van der Waals surface area contributed by atoms with Crippen molar-refractivity contribution in [2.45, 2.75) is 20.8 Å². The summed E-state index contributed by atoms with van der Waals surface area (Å²) in [6.45, 7) is 5.97. The molecule has 5 heteroatoms. The van der Waals surface area contributed by atoms with E-state index in [1.807, 2.05) is 13.8 Å².